The Morgan fingerprint density at radius 2 is 2.05 bits per heavy atom. The summed E-state index contributed by atoms with van der Waals surface area (Å²) in [6, 6.07) is 8.94. The van der Waals surface area contributed by atoms with Crippen LogP contribution >= 0.6 is 0 Å². The van der Waals surface area contributed by atoms with Gasteiger partial charge in [-0.1, -0.05) is 24.3 Å². The van der Waals surface area contributed by atoms with Gasteiger partial charge >= 0.3 is 0 Å². The molecule has 2 N–H and O–H groups in total. The summed E-state index contributed by atoms with van der Waals surface area (Å²) >= 11 is 0. The monoisotopic (exact) mass is 269 g/mol. The maximum absolute atomic E-state index is 12.6. The number of likely N-dealkylation sites (tertiary alicyclic amines) is 1. The molecule has 1 aromatic carbocycles. The Bertz CT molecular complexity index is 678. The fraction of sp³-hybridized carbons (Fsp3) is 0.267. The predicted octanol–water partition coefficient (Wildman–Crippen LogP) is 1.32. The second-order valence-electron chi connectivity index (χ2n) is 4.94. The van der Waals surface area contributed by atoms with Gasteiger partial charge in [0.15, 0.2) is 0 Å². The van der Waals surface area contributed by atoms with Gasteiger partial charge in [-0.15, -0.1) is 0 Å². The van der Waals surface area contributed by atoms with Crippen LogP contribution in [0.5, 0.6) is 0 Å². The van der Waals surface area contributed by atoms with E-state index >= 15 is 0 Å². The van der Waals surface area contributed by atoms with Crippen molar-refractivity contribution in [1.29, 1.82) is 0 Å². The molecule has 1 aliphatic heterocycles. The number of hydrogen-bond donors (Lipinski definition) is 1. The molecule has 1 aliphatic rings. The van der Waals surface area contributed by atoms with Crippen molar-refractivity contribution in [3.8, 4) is 0 Å². The second kappa shape index (κ2) is 4.92. The first-order valence-electron chi connectivity index (χ1n) is 6.62. The van der Waals surface area contributed by atoms with Crippen LogP contribution in [0.1, 0.15) is 23.3 Å². The van der Waals surface area contributed by atoms with E-state index < -0.39 is 11.9 Å². The maximum atomic E-state index is 12.6. The molecule has 0 bridgehead atoms. The number of nitrogens with zero attached hydrogens (tertiary/aromatic N) is 2. The molecule has 2 heterocycles. The molecule has 1 fully saturated rings. The van der Waals surface area contributed by atoms with Gasteiger partial charge in [0, 0.05) is 18.1 Å². The number of hydrogen-bond acceptors (Lipinski definition) is 3. The lowest BCUT2D eigenvalue weighted by atomic mass is 10.1. The van der Waals surface area contributed by atoms with Crippen molar-refractivity contribution in [2.75, 3.05) is 6.54 Å². The van der Waals surface area contributed by atoms with E-state index in [1.807, 2.05) is 30.3 Å². The molecule has 0 radical (unpaired) electrons. The van der Waals surface area contributed by atoms with Crippen molar-refractivity contribution < 1.29 is 9.59 Å². The summed E-state index contributed by atoms with van der Waals surface area (Å²) < 4.78 is 0. The van der Waals surface area contributed by atoms with E-state index in [9.17, 15) is 9.59 Å². The standard InChI is InChI=1S/C15H15N3O2/c16-14(19)12-6-3-9-18(12)15(20)13-11-5-2-1-4-10(11)7-8-17-13/h1-2,4-5,7-8,12H,3,6,9H2,(H2,16,19)/t12-/m0/s1. The summed E-state index contributed by atoms with van der Waals surface area (Å²) in [5.41, 5.74) is 5.75. The first-order chi connectivity index (χ1) is 9.68. The van der Waals surface area contributed by atoms with Crippen molar-refractivity contribution in [3.05, 3.63) is 42.2 Å². The maximum Gasteiger partial charge on any atom is 0.273 e. The van der Waals surface area contributed by atoms with Crippen LogP contribution in [0.15, 0.2) is 36.5 Å². The Hall–Kier alpha value is -2.43. The molecule has 0 saturated carbocycles. The van der Waals surface area contributed by atoms with Crippen LogP contribution in [0.3, 0.4) is 0 Å². The van der Waals surface area contributed by atoms with E-state index in [1.165, 1.54) is 4.90 Å². The first-order valence-corrected chi connectivity index (χ1v) is 6.62. The van der Waals surface area contributed by atoms with Gasteiger partial charge in [-0.3, -0.25) is 14.6 Å². The van der Waals surface area contributed by atoms with Gasteiger partial charge < -0.3 is 10.6 Å². The molecule has 5 nitrogen and oxygen atoms in total. The van der Waals surface area contributed by atoms with E-state index in [4.69, 9.17) is 5.73 Å². The molecule has 0 spiro atoms. The molecule has 0 unspecified atom stereocenters. The highest BCUT2D eigenvalue weighted by atomic mass is 16.2. The highest BCUT2D eigenvalue weighted by Gasteiger charge is 2.34. The minimum Gasteiger partial charge on any atom is -0.368 e. The first kappa shape index (κ1) is 12.6. The number of aromatic nitrogens is 1. The third-order valence-electron chi connectivity index (χ3n) is 3.72. The normalized spacial score (nSPS) is 18.4. The summed E-state index contributed by atoms with van der Waals surface area (Å²) in [6.07, 6.45) is 3.04. The van der Waals surface area contributed by atoms with Gasteiger partial charge in [0.05, 0.1) is 0 Å². The van der Waals surface area contributed by atoms with Crippen LogP contribution < -0.4 is 5.73 Å². The molecule has 102 valence electrons. The lowest BCUT2D eigenvalue weighted by molar-refractivity contribution is -0.121. The Labute approximate surface area is 116 Å². The Morgan fingerprint density at radius 1 is 1.25 bits per heavy atom. The van der Waals surface area contributed by atoms with E-state index in [0.717, 1.165) is 17.2 Å². The zero-order valence-electron chi connectivity index (χ0n) is 11.0. The van der Waals surface area contributed by atoms with Crippen LogP contribution in [0, 0.1) is 0 Å². The number of nitrogens with two attached hydrogens (primary N) is 1. The molecule has 2 aromatic rings. The number of benzene rings is 1. The molecule has 1 saturated heterocycles. The number of amides is 2. The number of primary amides is 1. The van der Waals surface area contributed by atoms with Crippen LogP contribution in [-0.2, 0) is 4.79 Å². The summed E-state index contributed by atoms with van der Waals surface area (Å²) in [7, 11) is 0. The van der Waals surface area contributed by atoms with Gasteiger partial charge in [0.2, 0.25) is 5.91 Å². The van der Waals surface area contributed by atoms with Gasteiger partial charge in [0.1, 0.15) is 11.7 Å². The topological polar surface area (TPSA) is 76.3 Å². The molecule has 2 amide bonds. The van der Waals surface area contributed by atoms with E-state index in [1.54, 1.807) is 6.20 Å². The summed E-state index contributed by atoms with van der Waals surface area (Å²) in [6.45, 7) is 0.553. The molecule has 1 atom stereocenters. The fourth-order valence-corrected chi connectivity index (χ4v) is 2.73. The summed E-state index contributed by atoms with van der Waals surface area (Å²) in [5, 5.41) is 1.76. The van der Waals surface area contributed by atoms with E-state index in [2.05, 4.69) is 4.98 Å². The van der Waals surface area contributed by atoms with E-state index in [-0.39, 0.29) is 5.91 Å². The fourth-order valence-electron chi connectivity index (χ4n) is 2.73. The largest absolute Gasteiger partial charge is 0.368 e. The minimum atomic E-state index is -0.511. The molecular formula is C15H15N3O2. The highest BCUT2D eigenvalue weighted by molar-refractivity contribution is 6.06. The molecule has 20 heavy (non-hydrogen) atoms. The number of carbonyl (C=O) groups excluding carboxylic acids is 2. The molecule has 1 aromatic heterocycles. The second-order valence-corrected chi connectivity index (χ2v) is 4.94. The smallest absolute Gasteiger partial charge is 0.273 e. The highest BCUT2D eigenvalue weighted by Crippen LogP contribution is 2.23. The van der Waals surface area contributed by atoms with Crippen molar-refractivity contribution in [1.82, 2.24) is 9.88 Å². The number of carbonyl (C=O) groups is 2. The molecule has 5 heteroatoms. The SMILES string of the molecule is NC(=O)[C@@H]1CCCN1C(=O)c1nccc2ccccc12. The number of fused-ring (bicyclic) bond motifs is 1. The molecule has 3 rings (SSSR count). The van der Waals surface area contributed by atoms with Crippen LogP contribution in [0.25, 0.3) is 10.8 Å². The molecule has 0 aliphatic carbocycles. The molecular weight excluding hydrogens is 254 g/mol. The van der Waals surface area contributed by atoms with Gasteiger partial charge in [-0.2, -0.15) is 0 Å². The predicted molar refractivity (Wildman–Crippen MR) is 75.0 cm³/mol. The Kier molecular flexibility index (Phi) is 3.10. The number of rotatable bonds is 2. The Balaban J connectivity index is 2.03. The van der Waals surface area contributed by atoms with Crippen molar-refractivity contribution in [2.24, 2.45) is 5.73 Å². The minimum absolute atomic E-state index is 0.219. The quantitative estimate of drug-likeness (QED) is 0.893. The number of pyridine rings is 1. The summed E-state index contributed by atoms with van der Waals surface area (Å²) in [4.78, 5) is 29.8. The summed E-state index contributed by atoms with van der Waals surface area (Å²) in [5.74, 6) is -0.667. The van der Waals surface area contributed by atoms with Gasteiger partial charge in [-0.25, -0.2) is 0 Å². The van der Waals surface area contributed by atoms with Gasteiger partial charge in [0.25, 0.3) is 5.91 Å². The van der Waals surface area contributed by atoms with Crippen molar-refractivity contribution >= 4 is 22.6 Å². The Morgan fingerprint density at radius 3 is 2.85 bits per heavy atom. The van der Waals surface area contributed by atoms with E-state index in [0.29, 0.717) is 18.7 Å². The van der Waals surface area contributed by atoms with Crippen LogP contribution in [0.2, 0.25) is 0 Å². The zero-order chi connectivity index (χ0) is 14.1. The average Bonchev–Trinajstić information content (AvgIpc) is 2.95. The lowest BCUT2D eigenvalue weighted by Crippen LogP contribution is -2.44. The van der Waals surface area contributed by atoms with Gasteiger partial charge in [-0.05, 0) is 24.3 Å². The average molecular weight is 269 g/mol. The lowest BCUT2D eigenvalue weighted by Gasteiger charge is -2.22. The van der Waals surface area contributed by atoms with Crippen LogP contribution in [-0.4, -0.2) is 34.3 Å². The third-order valence-corrected chi connectivity index (χ3v) is 3.72. The van der Waals surface area contributed by atoms with Crippen molar-refractivity contribution in [2.45, 2.75) is 18.9 Å². The zero-order valence-corrected chi connectivity index (χ0v) is 11.0. The third kappa shape index (κ3) is 2.01. The van der Waals surface area contributed by atoms with Crippen LogP contribution in [0.4, 0.5) is 0 Å². The van der Waals surface area contributed by atoms with Crippen molar-refractivity contribution in [3.63, 3.8) is 0 Å².